The number of ether oxygens (including phenoxy) is 2. The zero-order chi connectivity index (χ0) is 22.8. The van der Waals surface area contributed by atoms with Gasteiger partial charge in [0.15, 0.2) is 11.9 Å². The van der Waals surface area contributed by atoms with E-state index < -0.39 is 24.5 Å². The average molecular weight is 461 g/mol. The number of nitrogens with one attached hydrogen (secondary N) is 2. The molecule has 1 aromatic carbocycles. The lowest BCUT2D eigenvalue weighted by molar-refractivity contribution is -0.351. The smallest absolute Gasteiger partial charge is 0.479 e. The first kappa shape index (κ1) is 23.1. The van der Waals surface area contributed by atoms with Gasteiger partial charge in [0.2, 0.25) is 5.91 Å². The Kier molecular flexibility index (Phi) is 6.90. The van der Waals surface area contributed by atoms with E-state index in [0.29, 0.717) is 10.6 Å². The van der Waals surface area contributed by atoms with Crippen molar-refractivity contribution in [2.24, 2.45) is 0 Å². The van der Waals surface area contributed by atoms with Crippen LogP contribution in [0.2, 0.25) is 5.02 Å². The van der Waals surface area contributed by atoms with Crippen molar-refractivity contribution in [1.29, 1.82) is 0 Å². The van der Waals surface area contributed by atoms with Crippen molar-refractivity contribution in [2.75, 3.05) is 0 Å². The van der Waals surface area contributed by atoms with Gasteiger partial charge in [0.25, 0.3) is 5.91 Å². The minimum Gasteiger partial charge on any atom is -0.479 e. The third-order valence-electron chi connectivity index (χ3n) is 4.89. The van der Waals surface area contributed by atoms with E-state index in [4.69, 9.17) is 16.3 Å². The summed E-state index contributed by atoms with van der Waals surface area (Å²) in [4.78, 5) is 36.5. The van der Waals surface area contributed by atoms with Crippen molar-refractivity contribution < 1.29 is 37.0 Å². The maximum Gasteiger partial charge on any atom is 0.522 e. The van der Waals surface area contributed by atoms with Crippen LogP contribution in [0.3, 0.4) is 0 Å². The number of carbonyl (C=O) groups is 3. The lowest BCUT2D eigenvalue weighted by Crippen LogP contribution is -2.49. The molecule has 31 heavy (non-hydrogen) atoms. The summed E-state index contributed by atoms with van der Waals surface area (Å²) >= 11 is 5.86. The predicted octanol–water partition coefficient (Wildman–Crippen LogP) is 3.27. The van der Waals surface area contributed by atoms with Crippen LogP contribution in [0.5, 0.6) is 5.75 Å². The van der Waals surface area contributed by atoms with Crippen molar-refractivity contribution in [3.05, 3.63) is 41.1 Å². The largest absolute Gasteiger partial charge is 0.522 e. The summed E-state index contributed by atoms with van der Waals surface area (Å²) in [5, 5.41) is 5.51. The Bertz CT molecular complexity index is 899. The van der Waals surface area contributed by atoms with Crippen molar-refractivity contribution in [3.63, 3.8) is 0 Å². The van der Waals surface area contributed by atoms with Crippen molar-refractivity contribution >= 4 is 29.2 Å². The molecule has 168 valence electrons. The highest BCUT2D eigenvalue weighted by molar-refractivity contribution is 6.31. The number of fused-ring (bicyclic) bond motifs is 1. The van der Waals surface area contributed by atoms with Gasteiger partial charge in [-0.1, -0.05) is 18.2 Å². The number of rotatable bonds is 7. The Morgan fingerprint density at radius 2 is 1.97 bits per heavy atom. The maximum absolute atomic E-state index is 12.4. The minimum atomic E-state index is -4.68. The molecule has 0 saturated heterocycles. The van der Waals surface area contributed by atoms with Gasteiger partial charge in [0.1, 0.15) is 5.75 Å². The molecule has 0 radical (unpaired) electrons. The fourth-order valence-electron chi connectivity index (χ4n) is 3.29. The second-order valence-corrected chi connectivity index (χ2v) is 7.82. The Hall–Kier alpha value is -2.59. The van der Waals surface area contributed by atoms with Crippen LogP contribution in [0.4, 0.5) is 13.2 Å². The number of ketones is 1. The number of benzene rings is 1. The van der Waals surface area contributed by atoms with Crippen LogP contribution in [0.1, 0.15) is 42.5 Å². The molecular formula is C20H20ClF3N2O5. The first-order valence-corrected chi connectivity index (χ1v) is 9.90. The molecule has 1 fully saturated rings. The first-order valence-electron chi connectivity index (χ1n) is 9.52. The molecule has 2 aliphatic rings. The SMILES string of the molecule is C=C(CCC(=O)N[C@H]1C[C@@H](OC(F)(F)F)C1)NC(=O)[C@H]1CC(=O)c2cc(Cl)ccc2O1. The van der Waals surface area contributed by atoms with E-state index in [-0.39, 0.29) is 61.3 Å². The van der Waals surface area contributed by atoms with Crippen LogP contribution in [0.15, 0.2) is 30.5 Å². The third-order valence-corrected chi connectivity index (χ3v) is 5.12. The standard InChI is InChI=1S/C20H20ClF3N2O5/c1-10(2-5-18(28)26-12-7-13(8-12)31-20(22,23)24)25-19(29)17-9-15(27)14-6-11(21)3-4-16(14)30-17/h3-4,6,12-13,17H,1-2,5,7-9H2,(H,25,29)(H,26,28)/t12-,13+,17-/m1/s1. The number of hydrogen-bond acceptors (Lipinski definition) is 5. The predicted molar refractivity (Wildman–Crippen MR) is 103 cm³/mol. The lowest BCUT2D eigenvalue weighted by Gasteiger charge is -2.35. The van der Waals surface area contributed by atoms with Crippen LogP contribution in [0, 0.1) is 0 Å². The summed E-state index contributed by atoms with van der Waals surface area (Å²) in [5.74, 6) is -0.951. The van der Waals surface area contributed by atoms with Crippen molar-refractivity contribution in [3.8, 4) is 5.75 Å². The van der Waals surface area contributed by atoms with Gasteiger partial charge >= 0.3 is 6.36 Å². The molecule has 0 spiro atoms. The van der Waals surface area contributed by atoms with Gasteiger partial charge < -0.3 is 15.4 Å². The van der Waals surface area contributed by atoms with Gasteiger partial charge in [0, 0.05) is 23.2 Å². The van der Waals surface area contributed by atoms with Crippen molar-refractivity contribution in [1.82, 2.24) is 10.6 Å². The van der Waals surface area contributed by atoms with Gasteiger partial charge in [0.05, 0.1) is 18.1 Å². The van der Waals surface area contributed by atoms with Crippen LogP contribution in [0.25, 0.3) is 0 Å². The lowest BCUT2D eigenvalue weighted by atomic mass is 9.89. The van der Waals surface area contributed by atoms with Gasteiger partial charge in [-0.15, -0.1) is 13.2 Å². The number of allylic oxidation sites excluding steroid dienone is 1. The summed E-state index contributed by atoms with van der Waals surface area (Å²) in [7, 11) is 0. The Balaban J connectivity index is 1.38. The molecule has 7 nitrogen and oxygen atoms in total. The van der Waals surface area contributed by atoms with E-state index in [0.717, 1.165) is 0 Å². The Morgan fingerprint density at radius 1 is 1.26 bits per heavy atom. The fraction of sp³-hybridized carbons (Fsp3) is 0.450. The Labute approximate surface area is 180 Å². The molecule has 1 heterocycles. The molecule has 0 bridgehead atoms. The summed E-state index contributed by atoms with van der Waals surface area (Å²) in [6.45, 7) is 3.69. The number of alkyl halides is 3. The summed E-state index contributed by atoms with van der Waals surface area (Å²) in [5.41, 5.74) is 0.566. The quantitative estimate of drug-likeness (QED) is 0.651. The second-order valence-electron chi connectivity index (χ2n) is 7.39. The molecule has 1 atom stereocenters. The maximum atomic E-state index is 12.4. The highest BCUT2D eigenvalue weighted by Gasteiger charge is 2.40. The molecule has 1 aromatic rings. The van der Waals surface area contributed by atoms with E-state index in [1.165, 1.54) is 12.1 Å². The summed E-state index contributed by atoms with van der Waals surface area (Å²) in [6.07, 6.45) is -6.53. The van der Waals surface area contributed by atoms with Gasteiger partial charge in [-0.05, 0) is 37.5 Å². The van der Waals surface area contributed by atoms with Gasteiger partial charge in [-0.25, -0.2) is 0 Å². The van der Waals surface area contributed by atoms with Gasteiger partial charge in [-0.2, -0.15) is 0 Å². The molecule has 1 saturated carbocycles. The number of amides is 2. The van der Waals surface area contributed by atoms with Gasteiger partial charge in [-0.3, -0.25) is 19.1 Å². The zero-order valence-corrected chi connectivity index (χ0v) is 17.0. The van der Waals surface area contributed by atoms with E-state index in [1.807, 2.05) is 0 Å². The molecule has 0 aromatic heterocycles. The molecular weight excluding hydrogens is 441 g/mol. The second kappa shape index (κ2) is 9.27. The van der Waals surface area contributed by atoms with E-state index >= 15 is 0 Å². The molecule has 0 unspecified atom stereocenters. The third kappa shape index (κ3) is 6.44. The Morgan fingerprint density at radius 3 is 2.65 bits per heavy atom. The van der Waals surface area contributed by atoms with E-state index in [1.54, 1.807) is 6.07 Å². The van der Waals surface area contributed by atoms with E-state index in [9.17, 15) is 27.6 Å². The van der Waals surface area contributed by atoms with Crippen molar-refractivity contribution in [2.45, 2.75) is 56.7 Å². The summed E-state index contributed by atoms with van der Waals surface area (Å²) < 4.78 is 45.7. The highest BCUT2D eigenvalue weighted by Crippen LogP contribution is 2.31. The van der Waals surface area contributed by atoms with Crippen LogP contribution < -0.4 is 15.4 Å². The topological polar surface area (TPSA) is 93.7 Å². The monoisotopic (exact) mass is 460 g/mol. The summed E-state index contributed by atoms with van der Waals surface area (Å²) in [6, 6.07) is 4.16. The number of hydrogen-bond donors (Lipinski definition) is 2. The minimum absolute atomic E-state index is 0.00774. The number of halogens is 4. The normalized spacial score (nSPS) is 22.6. The zero-order valence-electron chi connectivity index (χ0n) is 16.3. The number of carbonyl (C=O) groups excluding carboxylic acids is 3. The van der Waals surface area contributed by atoms with Crippen LogP contribution >= 0.6 is 11.6 Å². The molecule has 11 heteroatoms. The molecule has 1 aliphatic heterocycles. The average Bonchev–Trinajstić information content (AvgIpc) is 2.64. The van der Waals surface area contributed by atoms with E-state index in [2.05, 4.69) is 21.9 Å². The molecule has 3 rings (SSSR count). The first-order chi connectivity index (χ1) is 14.5. The highest BCUT2D eigenvalue weighted by atomic mass is 35.5. The molecule has 2 N–H and O–H groups in total. The van der Waals surface area contributed by atoms with Crippen LogP contribution in [-0.2, 0) is 14.3 Å². The molecule has 2 amide bonds. The fourth-order valence-corrected chi connectivity index (χ4v) is 3.46. The number of Topliss-reactive ketones (excluding diaryl/α,β-unsaturated/α-hetero) is 1. The van der Waals surface area contributed by atoms with Crippen LogP contribution in [-0.4, -0.2) is 42.2 Å². The molecule has 1 aliphatic carbocycles.